The molecule has 2 amide bonds. The number of pyridine rings is 1. The summed E-state index contributed by atoms with van der Waals surface area (Å²) in [4.78, 5) is 21.2. The molecule has 4 aromatic rings. The topological polar surface area (TPSA) is 106 Å². The maximum absolute atomic E-state index is 12.3. The first-order valence-corrected chi connectivity index (χ1v) is 10.5. The predicted molar refractivity (Wildman–Crippen MR) is 123 cm³/mol. The zero-order valence-corrected chi connectivity index (χ0v) is 18.9. The number of methoxy groups -OCH3 is 1. The number of rotatable bonds is 5. The second kappa shape index (κ2) is 8.40. The summed E-state index contributed by atoms with van der Waals surface area (Å²) in [6.45, 7) is 3.92. The molecule has 0 aliphatic heterocycles. The number of carbonyl (C=O) groups is 1. The van der Waals surface area contributed by atoms with Crippen LogP contribution in [0.15, 0.2) is 29.6 Å². The smallest absolute Gasteiger partial charge is 0.339 e. The number of ether oxygens (including phenoxy) is 1. The fraction of sp³-hybridized carbons (Fsp3) is 0.200. The van der Waals surface area contributed by atoms with Crippen molar-refractivity contribution < 1.29 is 9.53 Å². The van der Waals surface area contributed by atoms with Crippen molar-refractivity contribution in [3.63, 3.8) is 0 Å². The van der Waals surface area contributed by atoms with Crippen LogP contribution in [0.3, 0.4) is 0 Å². The van der Waals surface area contributed by atoms with Crippen molar-refractivity contribution in [2.24, 2.45) is 7.05 Å². The van der Waals surface area contributed by atoms with Crippen LogP contribution in [0.2, 0.25) is 5.02 Å². The monoisotopic (exact) mass is 457 g/mol. The van der Waals surface area contributed by atoms with Gasteiger partial charge >= 0.3 is 6.03 Å². The van der Waals surface area contributed by atoms with Crippen LogP contribution in [-0.4, -0.2) is 32.9 Å². The Morgan fingerprint density at radius 3 is 2.74 bits per heavy atom. The highest BCUT2D eigenvalue weighted by Gasteiger charge is 2.13. The van der Waals surface area contributed by atoms with Crippen LogP contribution in [0.1, 0.15) is 11.3 Å². The highest BCUT2D eigenvalue weighted by molar-refractivity contribution is 7.13. The zero-order chi connectivity index (χ0) is 22.1. The van der Waals surface area contributed by atoms with E-state index in [0.717, 1.165) is 32.9 Å². The Morgan fingerprint density at radius 2 is 2.00 bits per heavy atom. The molecule has 0 saturated heterocycles. The van der Waals surface area contributed by atoms with E-state index in [1.165, 1.54) is 11.3 Å². The highest BCUT2D eigenvalue weighted by Crippen LogP contribution is 2.32. The molecule has 1 aromatic carbocycles. The Hall–Kier alpha value is -3.37. The van der Waals surface area contributed by atoms with Crippen LogP contribution < -0.4 is 20.9 Å². The molecule has 160 valence electrons. The number of aromatic nitrogens is 4. The third-order valence-corrected chi connectivity index (χ3v) is 5.80. The molecule has 4 rings (SSSR count). The third-order valence-electron chi connectivity index (χ3n) is 4.61. The maximum atomic E-state index is 12.3. The van der Waals surface area contributed by atoms with E-state index in [1.54, 1.807) is 29.3 Å². The van der Waals surface area contributed by atoms with E-state index < -0.39 is 6.03 Å². The van der Waals surface area contributed by atoms with Crippen LogP contribution >= 0.6 is 22.9 Å². The summed E-state index contributed by atoms with van der Waals surface area (Å²) in [5, 5.41) is 11.1. The van der Waals surface area contributed by atoms with Crippen LogP contribution in [0.5, 0.6) is 5.75 Å². The van der Waals surface area contributed by atoms with Gasteiger partial charge in [0, 0.05) is 23.4 Å². The van der Waals surface area contributed by atoms with Gasteiger partial charge in [0.25, 0.3) is 0 Å². The van der Waals surface area contributed by atoms with Gasteiger partial charge in [-0.25, -0.2) is 20.2 Å². The second-order valence-electron chi connectivity index (χ2n) is 6.82. The summed E-state index contributed by atoms with van der Waals surface area (Å²) >= 11 is 7.57. The maximum Gasteiger partial charge on any atom is 0.339 e. The average molecular weight is 458 g/mol. The van der Waals surface area contributed by atoms with Gasteiger partial charge in [-0.3, -0.25) is 15.4 Å². The molecule has 0 saturated carbocycles. The van der Waals surface area contributed by atoms with E-state index in [4.69, 9.17) is 16.3 Å². The van der Waals surface area contributed by atoms with Crippen LogP contribution in [0.25, 0.3) is 21.6 Å². The summed E-state index contributed by atoms with van der Waals surface area (Å²) in [5.41, 5.74) is 8.90. The molecule has 0 fully saturated rings. The molecule has 0 spiro atoms. The molecule has 3 N–H and O–H groups in total. The number of fused-ring (bicyclic) bond motifs is 1. The standard InChI is InChI=1S/C20H20ClN7O2S/c1-10-7-15(22-18-17(10)11(2)27-28(18)3)25-26-20(29)24-16-9-31-19(23-16)12-5-6-14(30-4)13(21)8-12/h5-9H,1-4H3,(H,22,25)(H2,24,26,29). The van der Waals surface area contributed by atoms with Crippen molar-refractivity contribution in [2.75, 3.05) is 17.9 Å². The number of nitrogens with zero attached hydrogens (tertiary/aromatic N) is 4. The first-order chi connectivity index (χ1) is 14.9. The lowest BCUT2D eigenvalue weighted by atomic mass is 10.1. The van der Waals surface area contributed by atoms with E-state index in [0.29, 0.717) is 22.4 Å². The molecule has 0 bridgehead atoms. The van der Waals surface area contributed by atoms with Crippen LogP contribution in [0.4, 0.5) is 16.4 Å². The number of hydrogen-bond acceptors (Lipinski definition) is 7. The zero-order valence-electron chi connectivity index (χ0n) is 17.3. The molecule has 9 nitrogen and oxygen atoms in total. The first kappa shape index (κ1) is 20.9. The fourth-order valence-corrected chi connectivity index (χ4v) is 4.26. The molecule has 0 radical (unpaired) electrons. The van der Waals surface area contributed by atoms with Gasteiger partial charge in [0.15, 0.2) is 5.65 Å². The lowest BCUT2D eigenvalue weighted by molar-refractivity contribution is 0.253. The van der Waals surface area contributed by atoms with Crippen molar-refractivity contribution in [1.82, 2.24) is 25.2 Å². The van der Waals surface area contributed by atoms with Gasteiger partial charge in [-0.1, -0.05) is 11.6 Å². The van der Waals surface area contributed by atoms with Crippen molar-refractivity contribution >= 4 is 51.6 Å². The normalized spacial score (nSPS) is 10.9. The molecule has 0 atom stereocenters. The van der Waals surface area contributed by atoms with Crippen molar-refractivity contribution in [2.45, 2.75) is 13.8 Å². The number of thiazole rings is 1. The molecule has 31 heavy (non-hydrogen) atoms. The lowest BCUT2D eigenvalue weighted by Gasteiger charge is -2.09. The minimum absolute atomic E-state index is 0.424. The van der Waals surface area contributed by atoms with Crippen molar-refractivity contribution in [1.29, 1.82) is 0 Å². The third kappa shape index (κ3) is 4.25. The number of halogens is 1. The van der Waals surface area contributed by atoms with Gasteiger partial charge in [0.1, 0.15) is 22.4 Å². The number of carbonyl (C=O) groups excluding carboxylic acids is 1. The minimum Gasteiger partial charge on any atom is -0.495 e. The molecular weight excluding hydrogens is 438 g/mol. The number of amides is 2. The summed E-state index contributed by atoms with van der Waals surface area (Å²) in [5.74, 6) is 1.53. The highest BCUT2D eigenvalue weighted by atomic mass is 35.5. The molecule has 3 heterocycles. The van der Waals surface area contributed by atoms with Gasteiger partial charge in [0.2, 0.25) is 0 Å². The largest absolute Gasteiger partial charge is 0.495 e. The fourth-order valence-electron chi connectivity index (χ4n) is 3.26. The Bertz CT molecular complexity index is 1280. The summed E-state index contributed by atoms with van der Waals surface area (Å²) in [6, 6.07) is 6.79. The number of anilines is 2. The quantitative estimate of drug-likeness (QED) is 0.380. The van der Waals surface area contributed by atoms with E-state index in [-0.39, 0.29) is 0 Å². The van der Waals surface area contributed by atoms with Gasteiger partial charge in [-0.05, 0) is 43.7 Å². The molecule has 11 heteroatoms. The number of aryl methyl sites for hydroxylation is 3. The Morgan fingerprint density at radius 1 is 1.19 bits per heavy atom. The van der Waals surface area contributed by atoms with Crippen molar-refractivity contribution in [3.8, 4) is 16.3 Å². The first-order valence-electron chi connectivity index (χ1n) is 9.29. The molecule has 3 aromatic heterocycles. The van der Waals surface area contributed by atoms with E-state index in [9.17, 15) is 4.79 Å². The van der Waals surface area contributed by atoms with E-state index in [1.807, 2.05) is 33.0 Å². The molecule has 0 aliphatic rings. The van der Waals surface area contributed by atoms with E-state index >= 15 is 0 Å². The summed E-state index contributed by atoms with van der Waals surface area (Å²) in [6.07, 6.45) is 0. The second-order valence-corrected chi connectivity index (χ2v) is 8.09. The van der Waals surface area contributed by atoms with E-state index in [2.05, 4.69) is 31.2 Å². The Kier molecular flexibility index (Phi) is 5.66. The number of nitrogens with one attached hydrogen (secondary N) is 3. The number of benzene rings is 1. The summed E-state index contributed by atoms with van der Waals surface area (Å²) < 4.78 is 6.88. The van der Waals surface area contributed by atoms with Crippen molar-refractivity contribution in [3.05, 3.63) is 45.9 Å². The van der Waals surface area contributed by atoms with Gasteiger partial charge in [0.05, 0.1) is 17.8 Å². The van der Waals surface area contributed by atoms with Crippen LogP contribution in [-0.2, 0) is 7.05 Å². The number of hydrazine groups is 1. The summed E-state index contributed by atoms with van der Waals surface area (Å²) in [7, 11) is 3.40. The lowest BCUT2D eigenvalue weighted by Crippen LogP contribution is -2.34. The van der Waals surface area contributed by atoms with Crippen LogP contribution in [0, 0.1) is 13.8 Å². The van der Waals surface area contributed by atoms with Gasteiger partial charge in [-0.15, -0.1) is 11.3 Å². The number of urea groups is 1. The molecule has 0 unspecified atom stereocenters. The van der Waals surface area contributed by atoms with Gasteiger partial charge < -0.3 is 4.74 Å². The Labute approximate surface area is 187 Å². The number of hydrogen-bond donors (Lipinski definition) is 3. The molecule has 0 aliphatic carbocycles. The minimum atomic E-state index is -0.467. The molecular formula is C20H20ClN7O2S. The predicted octanol–water partition coefficient (Wildman–Crippen LogP) is 4.52. The van der Waals surface area contributed by atoms with Gasteiger partial charge in [-0.2, -0.15) is 5.10 Å². The SMILES string of the molecule is COc1ccc(-c2nc(NC(=O)NNc3cc(C)c4c(C)nn(C)c4n3)cs2)cc1Cl. The Balaban J connectivity index is 1.41. The average Bonchev–Trinajstić information content (AvgIpc) is 3.31.